The van der Waals surface area contributed by atoms with Crippen LogP contribution in [-0.4, -0.2) is 59.2 Å². The van der Waals surface area contributed by atoms with Crippen LogP contribution in [-0.2, 0) is 23.9 Å². The number of nitrogens with zero attached hydrogens (tertiary/aromatic N) is 1. The van der Waals surface area contributed by atoms with E-state index in [2.05, 4.69) is 4.98 Å². The Morgan fingerprint density at radius 3 is 2.23 bits per heavy atom. The first-order valence-corrected chi connectivity index (χ1v) is 9.68. The summed E-state index contributed by atoms with van der Waals surface area (Å²) in [7, 11) is 1.24. The highest BCUT2D eigenvalue weighted by molar-refractivity contribution is 6.08. The van der Waals surface area contributed by atoms with Crippen LogP contribution in [0.2, 0.25) is 0 Å². The minimum absolute atomic E-state index is 0.138. The summed E-state index contributed by atoms with van der Waals surface area (Å²) in [6.07, 6.45) is 3.50. The number of allylic oxidation sites excluding steroid dienone is 2. The van der Waals surface area contributed by atoms with Gasteiger partial charge in [0.2, 0.25) is 17.6 Å². The molecule has 1 saturated heterocycles. The standard InChI is InChI=1S/C21H24N2O7/c1-10-16(21(28)29-4)11(2)22-17(10)18(25)12(3)30-15(24)9-23-19(26)13-7-5-6-8-14(13)20(23)27/h5-6,12-14,22H,7-9H2,1-4H3. The Balaban J connectivity index is 1.66. The largest absolute Gasteiger partial charge is 0.465 e. The maximum Gasteiger partial charge on any atom is 0.339 e. The number of nitrogens with one attached hydrogen (secondary N) is 1. The Hall–Kier alpha value is -3.23. The molecule has 0 spiro atoms. The van der Waals surface area contributed by atoms with Crippen molar-refractivity contribution in [1.82, 2.24) is 9.88 Å². The number of ether oxygens (including phenoxy) is 2. The number of amides is 2. The zero-order valence-corrected chi connectivity index (χ0v) is 17.3. The third-order valence-electron chi connectivity index (χ3n) is 5.64. The molecule has 1 N–H and O–H groups in total. The van der Waals surface area contributed by atoms with Gasteiger partial charge in [0.05, 0.1) is 30.2 Å². The predicted molar refractivity (Wildman–Crippen MR) is 104 cm³/mol. The lowest BCUT2D eigenvalue weighted by atomic mass is 9.85. The van der Waals surface area contributed by atoms with Crippen LogP contribution in [0.25, 0.3) is 0 Å². The van der Waals surface area contributed by atoms with Crippen LogP contribution in [0.15, 0.2) is 12.2 Å². The molecule has 2 aliphatic rings. The Bertz CT molecular complexity index is 933. The molecule has 0 saturated carbocycles. The number of carbonyl (C=O) groups excluding carboxylic acids is 5. The second-order valence-corrected chi connectivity index (χ2v) is 7.53. The van der Waals surface area contributed by atoms with Gasteiger partial charge in [-0.1, -0.05) is 12.2 Å². The second kappa shape index (κ2) is 8.25. The van der Waals surface area contributed by atoms with Crippen LogP contribution in [0.4, 0.5) is 0 Å². The van der Waals surface area contributed by atoms with Crippen molar-refractivity contribution in [3.05, 3.63) is 34.7 Å². The molecule has 1 aromatic heterocycles. The average molecular weight is 416 g/mol. The van der Waals surface area contributed by atoms with Gasteiger partial charge in [0.15, 0.2) is 6.10 Å². The molecule has 1 fully saturated rings. The van der Waals surface area contributed by atoms with Gasteiger partial charge in [-0.05, 0) is 39.2 Å². The number of H-pyrrole nitrogens is 1. The number of methoxy groups -OCH3 is 1. The van der Waals surface area contributed by atoms with Crippen molar-refractivity contribution in [2.24, 2.45) is 11.8 Å². The summed E-state index contributed by atoms with van der Waals surface area (Å²) in [5, 5.41) is 0. The fraction of sp³-hybridized carbons (Fsp3) is 0.476. The molecule has 1 aliphatic heterocycles. The second-order valence-electron chi connectivity index (χ2n) is 7.53. The molecule has 0 bridgehead atoms. The van der Waals surface area contributed by atoms with Gasteiger partial charge in [0.1, 0.15) is 6.54 Å². The number of Topliss-reactive ketones (excluding diaryl/α,β-unsaturated/α-hetero) is 1. The van der Waals surface area contributed by atoms with Crippen molar-refractivity contribution in [3.63, 3.8) is 0 Å². The number of aromatic amines is 1. The number of fused-ring (bicyclic) bond motifs is 1. The first kappa shape index (κ1) is 21.5. The van der Waals surface area contributed by atoms with Crippen LogP contribution in [0, 0.1) is 25.7 Å². The molecular formula is C21H24N2O7. The number of ketones is 1. The summed E-state index contributed by atoms with van der Waals surface area (Å²) in [6, 6.07) is 0. The van der Waals surface area contributed by atoms with E-state index in [0.717, 1.165) is 4.90 Å². The number of carbonyl (C=O) groups is 5. The molecule has 3 rings (SSSR count). The van der Waals surface area contributed by atoms with E-state index in [0.29, 0.717) is 24.1 Å². The Kier molecular flexibility index (Phi) is 5.91. The first-order chi connectivity index (χ1) is 14.2. The van der Waals surface area contributed by atoms with Gasteiger partial charge in [-0.25, -0.2) is 4.79 Å². The average Bonchev–Trinajstić information content (AvgIpc) is 3.15. The van der Waals surface area contributed by atoms with E-state index in [4.69, 9.17) is 9.47 Å². The highest BCUT2D eigenvalue weighted by Gasteiger charge is 2.48. The summed E-state index contributed by atoms with van der Waals surface area (Å²) < 4.78 is 9.90. The van der Waals surface area contributed by atoms with Gasteiger partial charge in [-0.15, -0.1) is 0 Å². The van der Waals surface area contributed by atoms with Gasteiger partial charge >= 0.3 is 11.9 Å². The lowest BCUT2D eigenvalue weighted by Gasteiger charge is -2.16. The van der Waals surface area contributed by atoms with E-state index in [1.165, 1.54) is 14.0 Å². The molecule has 9 heteroatoms. The van der Waals surface area contributed by atoms with E-state index in [1.807, 2.05) is 12.2 Å². The number of aromatic nitrogens is 1. The van der Waals surface area contributed by atoms with Gasteiger partial charge in [0, 0.05) is 5.69 Å². The van der Waals surface area contributed by atoms with Crippen LogP contribution in [0.3, 0.4) is 0 Å². The van der Waals surface area contributed by atoms with Crippen molar-refractivity contribution in [2.75, 3.05) is 13.7 Å². The Labute approximate surface area is 173 Å². The fourth-order valence-electron chi connectivity index (χ4n) is 4.05. The lowest BCUT2D eigenvalue weighted by Crippen LogP contribution is -2.38. The van der Waals surface area contributed by atoms with Gasteiger partial charge in [-0.3, -0.25) is 24.1 Å². The highest BCUT2D eigenvalue weighted by atomic mass is 16.5. The van der Waals surface area contributed by atoms with Crippen molar-refractivity contribution in [3.8, 4) is 0 Å². The van der Waals surface area contributed by atoms with Crippen LogP contribution >= 0.6 is 0 Å². The molecule has 0 aromatic carbocycles. The van der Waals surface area contributed by atoms with Crippen molar-refractivity contribution in [1.29, 1.82) is 0 Å². The molecule has 160 valence electrons. The van der Waals surface area contributed by atoms with Crippen molar-refractivity contribution >= 4 is 29.5 Å². The molecular weight excluding hydrogens is 392 g/mol. The lowest BCUT2D eigenvalue weighted by molar-refractivity contribution is -0.154. The SMILES string of the molecule is COC(=O)c1c(C)[nH]c(C(=O)C(C)OC(=O)CN2C(=O)C3CC=CCC3C2=O)c1C. The van der Waals surface area contributed by atoms with E-state index in [-0.39, 0.29) is 23.1 Å². The maximum atomic E-state index is 12.7. The molecule has 3 unspecified atom stereocenters. The first-order valence-electron chi connectivity index (χ1n) is 9.68. The topological polar surface area (TPSA) is 123 Å². The normalized spacial score (nSPS) is 21.4. The number of hydrogen-bond acceptors (Lipinski definition) is 7. The smallest absolute Gasteiger partial charge is 0.339 e. The van der Waals surface area contributed by atoms with Crippen LogP contribution in [0.1, 0.15) is 51.9 Å². The summed E-state index contributed by atoms with van der Waals surface area (Å²) in [6.45, 7) is 4.09. The molecule has 3 atom stereocenters. The Morgan fingerprint density at radius 2 is 1.70 bits per heavy atom. The zero-order valence-electron chi connectivity index (χ0n) is 17.3. The van der Waals surface area contributed by atoms with Gasteiger partial charge in [-0.2, -0.15) is 0 Å². The quantitative estimate of drug-likeness (QED) is 0.322. The summed E-state index contributed by atoms with van der Waals surface area (Å²) in [5.41, 5.74) is 1.25. The zero-order chi connectivity index (χ0) is 22.2. The van der Waals surface area contributed by atoms with Crippen LogP contribution < -0.4 is 0 Å². The molecule has 2 heterocycles. The number of hydrogen-bond donors (Lipinski definition) is 1. The number of aryl methyl sites for hydroxylation is 1. The predicted octanol–water partition coefficient (Wildman–Crippen LogP) is 1.48. The van der Waals surface area contributed by atoms with E-state index < -0.39 is 42.2 Å². The molecule has 30 heavy (non-hydrogen) atoms. The number of esters is 2. The van der Waals surface area contributed by atoms with E-state index in [9.17, 15) is 24.0 Å². The third-order valence-corrected chi connectivity index (χ3v) is 5.64. The summed E-state index contributed by atoms with van der Waals surface area (Å²) >= 11 is 0. The summed E-state index contributed by atoms with van der Waals surface area (Å²) in [5.74, 6) is -3.60. The van der Waals surface area contributed by atoms with Crippen LogP contribution in [0.5, 0.6) is 0 Å². The minimum Gasteiger partial charge on any atom is -0.465 e. The fourth-order valence-corrected chi connectivity index (χ4v) is 4.05. The Morgan fingerprint density at radius 1 is 1.13 bits per heavy atom. The van der Waals surface area contributed by atoms with Crippen molar-refractivity contribution in [2.45, 2.75) is 39.7 Å². The minimum atomic E-state index is -1.17. The maximum absolute atomic E-state index is 12.7. The highest BCUT2D eigenvalue weighted by Crippen LogP contribution is 2.34. The van der Waals surface area contributed by atoms with E-state index in [1.54, 1.807) is 13.8 Å². The number of imide groups is 1. The number of likely N-dealkylation sites (tertiary alicyclic amines) is 1. The molecule has 1 aromatic rings. The molecule has 2 amide bonds. The van der Waals surface area contributed by atoms with E-state index >= 15 is 0 Å². The number of rotatable bonds is 6. The van der Waals surface area contributed by atoms with Gasteiger partial charge < -0.3 is 14.5 Å². The molecule has 0 radical (unpaired) electrons. The third kappa shape index (κ3) is 3.67. The monoisotopic (exact) mass is 416 g/mol. The molecule has 1 aliphatic carbocycles. The molecule has 9 nitrogen and oxygen atoms in total. The van der Waals surface area contributed by atoms with Crippen molar-refractivity contribution < 1.29 is 33.4 Å². The van der Waals surface area contributed by atoms with Gasteiger partial charge in [0.25, 0.3) is 0 Å². The summed E-state index contributed by atoms with van der Waals surface area (Å²) in [4.78, 5) is 65.6.